The molecule has 1 aliphatic rings. The van der Waals surface area contributed by atoms with Gasteiger partial charge in [0.05, 0.1) is 0 Å². The van der Waals surface area contributed by atoms with E-state index in [1.165, 1.54) is 11.1 Å². The topological polar surface area (TPSA) is 54.0 Å². The largest absolute Gasteiger partial charge is 0.373 e. The fourth-order valence-corrected chi connectivity index (χ4v) is 2.79. The van der Waals surface area contributed by atoms with Crippen LogP contribution in [0.5, 0.6) is 0 Å². The zero-order valence-electron chi connectivity index (χ0n) is 12.3. The highest BCUT2D eigenvalue weighted by molar-refractivity contribution is 5.95. The molecule has 1 amide bonds. The van der Waals surface area contributed by atoms with E-state index in [0.29, 0.717) is 23.8 Å². The predicted octanol–water partition coefficient (Wildman–Crippen LogP) is 2.50. The molecule has 2 aromatic rings. The molecule has 0 fully saturated rings. The lowest BCUT2D eigenvalue weighted by molar-refractivity contribution is 0.0950. The number of fused-ring (bicyclic) bond motifs is 1. The quantitative estimate of drug-likeness (QED) is 0.905. The second kappa shape index (κ2) is 5.56. The highest BCUT2D eigenvalue weighted by atomic mass is 16.1. The van der Waals surface area contributed by atoms with Crippen molar-refractivity contribution in [3.8, 4) is 0 Å². The van der Waals surface area contributed by atoms with Gasteiger partial charge in [-0.3, -0.25) is 4.79 Å². The zero-order valence-corrected chi connectivity index (χ0v) is 12.3. The minimum absolute atomic E-state index is 0.0404. The second-order valence-electron chi connectivity index (χ2n) is 5.44. The fourth-order valence-electron chi connectivity index (χ4n) is 2.79. The van der Waals surface area contributed by atoms with Gasteiger partial charge in [0, 0.05) is 30.8 Å². The number of pyridine rings is 1. The molecule has 0 radical (unpaired) electrons. The van der Waals surface area contributed by atoms with Crippen molar-refractivity contribution in [2.24, 2.45) is 0 Å². The molecule has 1 aromatic heterocycles. The van der Waals surface area contributed by atoms with Crippen molar-refractivity contribution in [3.63, 3.8) is 0 Å². The summed E-state index contributed by atoms with van der Waals surface area (Å²) in [5, 5.41) is 6.00. The maximum atomic E-state index is 12.3. The summed E-state index contributed by atoms with van der Waals surface area (Å²) in [7, 11) is 1.80. The van der Waals surface area contributed by atoms with E-state index >= 15 is 0 Å². The molecule has 3 rings (SSSR count). The molecule has 1 heterocycles. The van der Waals surface area contributed by atoms with Crippen LogP contribution in [0.3, 0.4) is 0 Å². The molecular formula is C17H19N3O. The number of amides is 1. The van der Waals surface area contributed by atoms with Gasteiger partial charge in [0.25, 0.3) is 5.91 Å². The molecule has 1 aromatic carbocycles. The number of aromatic nitrogens is 1. The van der Waals surface area contributed by atoms with E-state index in [9.17, 15) is 4.79 Å². The number of nitrogens with one attached hydrogen (secondary N) is 2. The first kappa shape index (κ1) is 13.6. The van der Waals surface area contributed by atoms with Gasteiger partial charge in [-0.05, 0) is 36.6 Å². The molecule has 0 saturated heterocycles. The standard InChI is InChI=1S/C17H19N3O/c1-11-7-13(9-16(18-2)20-11)17(21)19-10-14-8-12-5-3-4-6-15(12)14/h3-7,9,14H,8,10H2,1-2H3,(H,18,20)(H,19,21). The van der Waals surface area contributed by atoms with Crippen LogP contribution in [-0.2, 0) is 6.42 Å². The second-order valence-corrected chi connectivity index (χ2v) is 5.44. The van der Waals surface area contributed by atoms with Crippen molar-refractivity contribution >= 4 is 11.7 Å². The van der Waals surface area contributed by atoms with Crippen LogP contribution < -0.4 is 10.6 Å². The Hall–Kier alpha value is -2.36. The van der Waals surface area contributed by atoms with Crippen molar-refractivity contribution in [2.45, 2.75) is 19.3 Å². The molecule has 1 aliphatic carbocycles. The van der Waals surface area contributed by atoms with Gasteiger partial charge in [0.1, 0.15) is 5.82 Å². The number of rotatable bonds is 4. The lowest BCUT2D eigenvalue weighted by atomic mass is 9.77. The maximum Gasteiger partial charge on any atom is 0.251 e. The van der Waals surface area contributed by atoms with E-state index in [1.54, 1.807) is 13.1 Å². The number of hydrogen-bond acceptors (Lipinski definition) is 3. The summed E-state index contributed by atoms with van der Waals surface area (Å²) in [5.74, 6) is 1.12. The Morgan fingerprint density at radius 2 is 2.14 bits per heavy atom. The summed E-state index contributed by atoms with van der Waals surface area (Å²) in [4.78, 5) is 16.6. The first-order valence-electron chi connectivity index (χ1n) is 7.20. The first-order chi connectivity index (χ1) is 10.2. The smallest absolute Gasteiger partial charge is 0.251 e. The van der Waals surface area contributed by atoms with Crippen molar-refractivity contribution in [1.29, 1.82) is 0 Å². The van der Waals surface area contributed by atoms with Gasteiger partial charge in [0.2, 0.25) is 0 Å². The molecule has 0 aliphatic heterocycles. The molecule has 21 heavy (non-hydrogen) atoms. The molecule has 1 atom stereocenters. The van der Waals surface area contributed by atoms with Crippen LogP contribution in [0.25, 0.3) is 0 Å². The normalized spacial score (nSPS) is 15.8. The van der Waals surface area contributed by atoms with Crippen molar-refractivity contribution < 1.29 is 4.79 Å². The van der Waals surface area contributed by atoms with Gasteiger partial charge in [-0.2, -0.15) is 0 Å². The third-order valence-electron chi connectivity index (χ3n) is 3.94. The van der Waals surface area contributed by atoms with Crippen molar-refractivity contribution in [1.82, 2.24) is 10.3 Å². The average molecular weight is 281 g/mol. The monoisotopic (exact) mass is 281 g/mol. The number of hydrogen-bond donors (Lipinski definition) is 2. The van der Waals surface area contributed by atoms with Gasteiger partial charge in [-0.15, -0.1) is 0 Å². The average Bonchev–Trinajstić information content (AvgIpc) is 2.47. The molecule has 0 spiro atoms. The van der Waals surface area contributed by atoms with Gasteiger partial charge < -0.3 is 10.6 Å². The van der Waals surface area contributed by atoms with Crippen LogP contribution in [0, 0.1) is 6.92 Å². The van der Waals surface area contributed by atoms with Crippen molar-refractivity contribution in [2.75, 3.05) is 18.9 Å². The van der Waals surface area contributed by atoms with Crippen LogP contribution in [0.1, 0.15) is 33.1 Å². The van der Waals surface area contributed by atoms with Crippen molar-refractivity contribution in [3.05, 3.63) is 58.8 Å². The summed E-state index contributed by atoms with van der Waals surface area (Å²) in [5.41, 5.74) is 4.24. The van der Waals surface area contributed by atoms with E-state index in [4.69, 9.17) is 0 Å². The highest BCUT2D eigenvalue weighted by Crippen LogP contribution is 2.34. The van der Waals surface area contributed by atoms with Crippen LogP contribution >= 0.6 is 0 Å². The van der Waals surface area contributed by atoms with Crippen LogP contribution in [0.4, 0.5) is 5.82 Å². The molecule has 1 unspecified atom stereocenters. The summed E-state index contributed by atoms with van der Waals surface area (Å²) in [6.45, 7) is 2.58. The molecule has 2 N–H and O–H groups in total. The lowest BCUT2D eigenvalue weighted by Crippen LogP contribution is -2.33. The Balaban J connectivity index is 1.64. The molecule has 0 saturated carbocycles. The Morgan fingerprint density at radius 1 is 1.33 bits per heavy atom. The molecule has 4 heteroatoms. The van der Waals surface area contributed by atoms with Gasteiger partial charge in [-0.1, -0.05) is 24.3 Å². The van der Waals surface area contributed by atoms with E-state index in [-0.39, 0.29) is 5.91 Å². The minimum Gasteiger partial charge on any atom is -0.373 e. The number of anilines is 1. The summed E-state index contributed by atoms with van der Waals surface area (Å²) in [6.07, 6.45) is 1.05. The highest BCUT2D eigenvalue weighted by Gasteiger charge is 2.25. The molecule has 0 bridgehead atoms. The molecule has 4 nitrogen and oxygen atoms in total. The Bertz CT molecular complexity index is 681. The number of benzene rings is 1. The molecule has 108 valence electrons. The third kappa shape index (κ3) is 2.75. The lowest BCUT2D eigenvalue weighted by Gasteiger charge is -2.30. The maximum absolute atomic E-state index is 12.3. The van der Waals surface area contributed by atoms with Gasteiger partial charge >= 0.3 is 0 Å². The van der Waals surface area contributed by atoms with Gasteiger partial charge in [-0.25, -0.2) is 4.98 Å². The van der Waals surface area contributed by atoms with E-state index in [0.717, 1.165) is 12.1 Å². The SMILES string of the molecule is CNc1cc(C(=O)NCC2Cc3ccccc32)cc(C)n1. The third-order valence-corrected chi connectivity index (χ3v) is 3.94. The Labute approximate surface area is 124 Å². The summed E-state index contributed by atoms with van der Waals surface area (Å²) >= 11 is 0. The van der Waals surface area contributed by atoms with Crippen LogP contribution in [0.2, 0.25) is 0 Å². The van der Waals surface area contributed by atoms with E-state index in [2.05, 4.69) is 39.9 Å². The van der Waals surface area contributed by atoms with E-state index in [1.807, 2.05) is 13.0 Å². The Morgan fingerprint density at radius 3 is 2.90 bits per heavy atom. The number of nitrogens with zero attached hydrogens (tertiary/aromatic N) is 1. The molecular weight excluding hydrogens is 262 g/mol. The summed E-state index contributed by atoms with van der Waals surface area (Å²) in [6, 6.07) is 12.0. The van der Waals surface area contributed by atoms with Crippen LogP contribution in [-0.4, -0.2) is 24.5 Å². The summed E-state index contributed by atoms with van der Waals surface area (Å²) < 4.78 is 0. The zero-order chi connectivity index (χ0) is 14.8. The predicted molar refractivity (Wildman–Crippen MR) is 83.7 cm³/mol. The van der Waals surface area contributed by atoms with Gasteiger partial charge in [0.15, 0.2) is 0 Å². The van der Waals surface area contributed by atoms with Crippen LogP contribution in [0.15, 0.2) is 36.4 Å². The number of aryl methyl sites for hydroxylation is 1. The number of carbonyl (C=O) groups is 1. The minimum atomic E-state index is -0.0404. The Kier molecular flexibility index (Phi) is 3.60. The number of carbonyl (C=O) groups excluding carboxylic acids is 1. The first-order valence-corrected chi connectivity index (χ1v) is 7.20. The van der Waals surface area contributed by atoms with E-state index < -0.39 is 0 Å². The fraction of sp³-hybridized carbons (Fsp3) is 0.294.